The zero-order valence-electron chi connectivity index (χ0n) is 6.05. The zero-order chi connectivity index (χ0) is 7.84. The molecule has 0 amide bonds. The van der Waals surface area contributed by atoms with Crippen LogP contribution >= 0.6 is 11.6 Å². The van der Waals surface area contributed by atoms with Crippen molar-refractivity contribution in [2.75, 3.05) is 0 Å². The summed E-state index contributed by atoms with van der Waals surface area (Å²) >= 11 is 5.66. The summed E-state index contributed by atoms with van der Waals surface area (Å²) in [6.07, 6.45) is 2.50. The molecule has 0 aromatic heterocycles. The molecule has 1 N–H and O–H groups in total. The molecule has 0 unspecified atom stereocenters. The first-order chi connectivity index (χ1) is 5.27. The van der Waals surface area contributed by atoms with Crippen molar-refractivity contribution >= 4 is 11.6 Å². The summed E-state index contributed by atoms with van der Waals surface area (Å²) in [5, 5.41) is 9.68. The van der Waals surface area contributed by atoms with Crippen molar-refractivity contribution in [1.82, 2.24) is 0 Å². The van der Waals surface area contributed by atoms with Gasteiger partial charge in [0.25, 0.3) is 0 Å². The van der Waals surface area contributed by atoms with Crippen LogP contribution in [-0.2, 0) is 0 Å². The topological polar surface area (TPSA) is 20.2 Å². The van der Waals surface area contributed by atoms with Gasteiger partial charge in [0.05, 0.1) is 5.02 Å². The van der Waals surface area contributed by atoms with Crippen molar-refractivity contribution in [2.45, 2.75) is 18.8 Å². The van der Waals surface area contributed by atoms with Gasteiger partial charge in [0.1, 0.15) is 5.75 Å². The van der Waals surface area contributed by atoms with E-state index in [1.165, 1.54) is 18.4 Å². The molecule has 1 aromatic carbocycles. The van der Waals surface area contributed by atoms with Gasteiger partial charge in [0.2, 0.25) is 0 Å². The first-order valence-electron chi connectivity index (χ1n) is 3.76. The smallest absolute Gasteiger partial charge is 0.134 e. The molecule has 1 aliphatic rings. The van der Waals surface area contributed by atoms with Crippen LogP contribution in [0.2, 0.25) is 5.02 Å². The van der Waals surface area contributed by atoms with Crippen LogP contribution in [0.4, 0.5) is 0 Å². The molecule has 0 radical (unpaired) electrons. The van der Waals surface area contributed by atoms with E-state index in [2.05, 4.69) is 0 Å². The molecule has 1 saturated carbocycles. The van der Waals surface area contributed by atoms with Gasteiger partial charge in [-0.25, -0.2) is 0 Å². The van der Waals surface area contributed by atoms with Crippen LogP contribution in [0.3, 0.4) is 0 Å². The number of halogens is 1. The molecule has 1 fully saturated rings. The highest BCUT2D eigenvalue weighted by Crippen LogP contribution is 2.41. The molecular formula is C9H9ClO. The number of benzene rings is 1. The molecule has 2 heteroatoms. The quantitative estimate of drug-likeness (QED) is 0.684. The summed E-state index contributed by atoms with van der Waals surface area (Å²) in [5.41, 5.74) is 1.21. The van der Waals surface area contributed by atoms with Gasteiger partial charge in [0.15, 0.2) is 0 Å². The van der Waals surface area contributed by atoms with Gasteiger partial charge in [-0.05, 0) is 36.5 Å². The van der Waals surface area contributed by atoms with Crippen LogP contribution in [0.15, 0.2) is 18.2 Å². The summed E-state index contributed by atoms with van der Waals surface area (Å²) in [6, 6.07) is 5.50. The van der Waals surface area contributed by atoms with Gasteiger partial charge in [-0.3, -0.25) is 0 Å². The van der Waals surface area contributed by atoms with Crippen LogP contribution in [0, 0.1) is 0 Å². The Kier molecular flexibility index (Phi) is 1.53. The highest BCUT2D eigenvalue weighted by Gasteiger charge is 2.23. The predicted octanol–water partition coefficient (Wildman–Crippen LogP) is 2.92. The lowest BCUT2D eigenvalue weighted by atomic mass is 10.1. The minimum atomic E-state index is 0.205. The average molecular weight is 169 g/mol. The van der Waals surface area contributed by atoms with Gasteiger partial charge >= 0.3 is 0 Å². The highest BCUT2D eigenvalue weighted by atomic mass is 35.5. The Morgan fingerprint density at radius 2 is 2.09 bits per heavy atom. The van der Waals surface area contributed by atoms with Crippen LogP contribution in [0.25, 0.3) is 0 Å². The fraction of sp³-hybridized carbons (Fsp3) is 0.333. The molecule has 1 aliphatic carbocycles. The van der Waals surface area contributed by atoms with Gasteiger partial charge < -0.3 is 5.11 Å². The van der Waals surface area contributed by atoms with E-state index < -0.39 is 0 Å². The Hall–Kier alpha value is -0.690. The molecule has 1 nitrogen and oxygen atoms in total. The normalized spacial score (nSPS) is 16.8. The monoisotopic (exact) mass is 168 g/mol. The molecule has 0 aliphatic heterocycles. The van der Waals surface area contributed by atoms with Crippen LogP contribution in [0.1, 0.15) is 24.3 Å². The molecule has 2 rings (SSSR count). The number of rotatable bonds is 1. The Labute approximate surface area is 70.6 Å². The first-order valence-corrected chi connectivity index (χ1v) is 4.13. The summed E-state index contributed by atoms with van der Waals surface area (Å²) in [5.74, 6) is 0.884. The summed E-state index contributed by atoms with van der Waals surface area (Å²) in [4.78, 5) is 0. The third-order valence-corrected chi connectivity index (χ3v) is 2.34. The van der Waals surface area contributed by atoms with Crippen molar-refractivity contribution in [3.05, 3.63) is 28.8 Å². The lowest BCUT2D eigenvalue weighted by Crippen LogP contribution is -1.77. The Bertz CT molecular complexity index is 279. The van der Waals surface area contributed by atoms with Crippen molar-refractivity contribution in [3.8, 4) is 5.75 Å². The predicted molar refractivity (Wildman–Crippen MR) is 45.1 cm³/mol. The molecule has 1 aromatic rings. The minimum Gasteiger partial charge on any atom is -0.506 e. The Morgan fingerprint density at radius 3 is 2.64 bits per heavy atom. The molecule has 11 heavy (non-hydrogen) atoms. The lowest BCUT2D eigenvalue weighted by Gasteiger charge is -1.99. The van der Waals surface area contributed by atoms with E-state index >= 15 is 0 Å². The third-order valence-electron chi connectivity index (χ3n) is 2.02. The molecule has 0 bridgehead atoms. The number of phenolic OH excluding ortho intramolecular Hbond substituents is 1. The number of hydrogen-bond donors (Lipinski definition) is 1. The SMILES string of the molecule is Oc1cc(C2CC2)ccc1Cl. The minimum absolute atomic E-state index is 0.205. The largest absolute Gasteiger partial charge is 0.506 e. The van der Waals surface area contributed by atoms with Crippen molar-refractivity contribution in [3.63, 3.8) is 0 Å². The zero-order valence-corrected chi connectivity index (χ0v) is 6.80. The van der Waals surface area contributed by atoms with E-state index in [-0.39, 0.29) is 5.75 Å². The molecule has 0 spiro atoms. The van der Waals surface area contributed by atoms with Gasteiger partial charge in [-0.2, -0.15) is 0 Å². The molecular weight excluding hydrogens is 160 g/mol. The van der Waals surface area contributed by atoms with Gasteiger partial charge in [-0.1, -0.05) is 17.7 Å². The first kappa shape index (κ1) is 6.99. The second-order valence-electron chi connectivity index (χ2n) is 2.99. The fourth-order valence-electron chi connectivity index (χ4n) is 1.20. The van der Waals surface area contributed by atoms with Gasteiger partial charge in [0, 0.05) is 0 Å². The van der Waals surface area contributed by atoms with E-state index in [1.54, 1.807) is 12.1 Å². The molecule has 58 valence electrons. The van der Waals surface area contributed by atoms with E-state index in [4.69, 9.17) is 11.6 Å². The maximum atomic E-state index is 9.24. The summed E-state index contributed by atoms with van der Waals surface area (Å²) in [7, 11) is 0. The van der Waals surface area contributed by atoms with E-state index in [0.29, 0.717) is 10.9 Å². The number of phenols is 1. The number of aromatic hydroxyl groups is 1. The summed E-state index contributed by atoms with van der Waals surface area (Å²) in [6.45, 7) is 0. The second kappa shape index (κ2) is 2.42. The Morgan fingerprint density at radius 1 is 1.36 bits per heavy atom. The molecule has 0 saturated heterocycles. The second-order valence-corrected chi connectivity index (χ2v) is 3.39. The van der Waals surface area contributed by atoms with Crippen molar-refractivity contribution in [2.24, 2.45) is 0 Å². The van der Waals surface area contributed by atoms with Crippen LogP contribution < -0.4 is 0 Å². The average Bonchev–Trinajstić information content (AvgIpc) is 2.77. The maximum Gasteiger partial charge on any atom is 0.134 e. The number of hydrogen-bond acceptors (Lipinski definition) is 1. The molecule has 0 heterocycles. The van der Waals surface area contributed by atoms with Gasteiger partial charge in [-0.15, -0.1) is 0 Å². The lowest BCUT2D eigenvalue weighted by molar-refractivity contribution is 0.475. The van der Waals surface area contributed by atoms with Crippen molar-refractivity contribution < 1.29 is 5.11 Å². The van der Waals surface area contributed by atoms with E-state index in [9.17, 15) is 5.11 Å². The summed E-state index contributed by atoms with van der Waals surface area (Å²) < 4.78 is 0. The van der Waals surface area contributed by atoms with Crippen LogP contribution in [0.5, 0.6) is 5.75 Å². The standard InChI is InChI=1S/C9H9ClO/c10-8-4-3-7(5-9(8)11)6-1-2-6/h3-6,11H,1-2H2. The van der Waals surface area contributed by atoms with Crippen LogP contribution in [-0.4, -0.2) is 5.11 Å². The van der Waals surface area contributed by atoms with E-state index in [0.717, 1.165) is 0 Å². The van der Waals surface area contributed by atoms with E-state index in [1.807, 2.05) is 6.07 Å². The maximum absolute atomic E-state index is 9.24. The third kappa shape index (κ3) is 1.33. The fourth-order valence-corrected chi connectivity index (χ4v) is 1.32. The van der Waals surface area contributed by atoms with Crippen molar-refractivity contribution in [1.29, 1.82) is 0 Å². The highest BCUT2D eigenvalue weighted by molar-refractivity contribution is 6.32. The Balaban J connectivity index is 2.36. The molecule has 0 atom stereocenters.